The molecule has 0 saturated carbocycles. The minimum absolute atomic E-state index is 1.25. The predicted molar refractivity (Wildman–Crippen MR) is 170 cm³/mol. The SMILES string of the molecule is Cc1c2ccccc2c(-c2cccc3c2ccc2c(-c4ccccc4)c4ccccc4cc23)c2ccccc12. The van der Waals surface area contributed by atoms with E-state index < -0.39 is 0 Å². The summed E-state index contributed by atoms with van der Waals surface area (Å²) >= 11 is 0. The van der Waals surface area contributed by atoms with Gasteiger partial charge in [-0.05, 0) is 94.7 Å². The molecule has 8 aromatic carbocycles. The van der Waals surface area contributed by atoms with Crippen molar-refractivity contribution in [2.45, 2.75) is 6.92 Å². The van der Waals surface area contributed by atoms with E-state index >= 15 is 0 Å². The summed E-state index contributed by atoms with van der Waals surface area (Å²) in [7, 11) is 0. The van der Waals surface area contributed by atoms with Gasteiger partial charge in [-0.3, -0.25) is 0 Å². The molecular formula is C39H26. The van der Waals surface area contributed by atoms with Crippen molar-refractivity contribution in [3.05, 3.63) is 145 Å². The van der Waals surface area contributed by atoms with Gasteiger partial charge in [-0.1, -0.05) is 133 Å². The van der Waals surface area contributed by atoms with Gasteiger partial charge in [0.15, 0.2) is 0 Å². The fourth-order valence-corrected chi connectivity index (χ4v) is 6.68. The van der Waals surface area contributed by atoms with Crippen molar-refractivity contribution in [3.8, 4) is 22.3 Å². The van der Waals surface area contributed by atoms with Crippen molar-refractivity contribution in [1.29, 1.82) is 0 Å². The third-order valence-corrected chi connectivity index (χ3v) is 8.44. The molecule has 0 spiro atoms. The molecule has 39 heavy (non-hydrogen) atoms. The van der Waals surface area contributed by atoms with Gasteiger partial charge in [0.2, 0.25) is 0 Å². The Balaban J connectivity index is 1.54. The molecule has 182 valence electrons. The Hall–Kier alpha value is -4.94. The quantitative estimate of drug-likeness (QED) is 0.166. The van der Waals surface area contributed by atoms with Crippen molar-refractivity contribution in [3.63, 3.8) is 0 Å². The van der Waals surface area contributed by atoms with Crippen LogP contribution in [0.15, 0.2) is 140 Å². The summed E-state index contributed by atoms with van der Waals surface area (Å²) in [5, 5.41) is 13.0. The van der Waals surface area contributed by atoms with Gasteiger partial charge in [-0.2, -0.15) is 0 Å². The molecule has 0 aliphatic carbocycles. The molecule has 0 nitrogen and oxygen atoms in total. The molecule has 0 unspecified atom stereocenters. The minimum Gasteiger partial charge on any atom is -0.0622 e. The number of fused-ring (bicyclic) bond motifs is 6. The van der Waals surface area contributed by atoms with E-state index in [1.54, 1.807) is 0 Å². The zero-order valence-corrected chi connectivity index (χ0v) is 21.8. The standard InChI is InChI=1S/C39H26/c1-25-28-15-7-9-18-33(28)39(34-19-10-8-16-29(25)34)35-21-11-20-31-32(35)22-23-36-37(31)24-27-14-5-6-17-30(27)38(36)26-12-3-2-4-13-26/h2-24H,1H3. The number of benzene rings is 8. The highest BCUT2D eigenvalue weighted by atomic mass is 14.2. The summed E-state index contributed by atoms with van der Waals surface area (Å²) in [6.07, 6.45) is 0. The monoisotopic (exact) mass is 494 g/mol. The maximum absolute atomic E-state index is 2.38. The van der Waals surface area contributed by atoms with Crippen molar-refractivity contribution < 1.29 is 0 Å². The van der Waals surface area contributed by atoms with Gasteiger partial charge in [-0.15, -0.1) is 0 Å². The van der Waals surface area contributed by atoms with Crippen LogP contribution in [0.5, 0.6) is 0 Å². The Morgan fingerprint density at radius 3 is 1.59 bits per heavy atom. The molecule has 0 fully saturated rings. The highest BCUT2D eigenvalue weighted by molar-refractivity contribution is 6.24. The van der Waals surface area contributed by atoms with Crippen LogP contribution in [-0.4, -0.2) is 0 Å². The zero-order chi connectivity index (χ0) is 25.9. The van der Waals surface area contributed by atoms with Crippen molar-refractivity contribution >= 4 is 53.9 Å². The lowest BCUT2D eigenvalue weighted by Crippen LogP contribution is -1.91. The summed E-state index contributed by atoms with van der Waals surface area (Å²) in [5.41, 5.74) is 6.51. The van der Waals surface area contributed by atoms with Crippen molar-refractivity contribution in [2.24, 2.45) is 0 Å². The highest BCUT2D eigenvalue weighted by Crippen LogP contribution is 2.44. The summed E-state index contributed by atoms with van der Waals surface area (Å²) < 4.78 is 0. The van der Waals surface area contributed by atoms with Gasteiger partial charge >= 0.3 is 0 Å². The number of hydrogen-bond donors (Lipinski definition) is 0. The number of aryl methyl sites for hydroxylation is 1. The molecule has 0 aliphatic rings. The maximum Gasteiger partial charge on any atom is -0.00204 e. The van der Waals surface area contributed by atoms with E-state index in [2.05, 4.69) is 146 Å². The molecule has 8 aromatic rings. The first-order chi connectivity index (χ1) is 19.3. The van der Waals surface area contributed by atoms with E-state index in [4.69, 9.17) is 0 Å². The van der Waals surface area contributed by atoms with Gasteiger partial charge in [0.25, 0.3) is 0 Å². The Morgan fingerprint density at radius 1 is 0.333 bits per heavy atom. The molecule has 0 amide bonds. The second kappa shape index (κ2) is 8.55. The third-order valence-electron chi connectivity index (χ3n) is 8.44. The lowest BCUT2D eigenvalue weighted by Gasteiger charge is -2.18. The summed E-state index contributed by atoms with van der Waals surface area (Å²) in [5.74, 6) is 0. The van der Waals surface area contributed by atoms with Crippen LogP contribution in [0.3, 0.4) is 0 Å². The van der Waals surface area contributed by atoms with Crippen LogP contribution < -0.4 is 0 Å². The fraction of sp³-hybridized carbons (Fsp3) is 0.0256. The summed E-state index contributed by atoms with van der Waals surface area (Å²) in [4.78, 5) is 0. The van der Waals surface area contributed by atoms with Gasteiger partial charge < -0.3 is 0 Å². The Morgan fingerprint density at radius 2 is 0.872 bits per heavy atom. The van der Waals surface area contributed by atoms with E-state index in [1.165, 1.54) is 81.7 Å². The third kappa shape index (κ3) is 3.25. The van der Waals surface area contributed by atoms with Crippen molar-refractivity contribution in [2.75, 3.05) is 0 Å². The Labute approximate surface area is 227 Å². The topological polar surface area (TPSA) is 0 Å². The molecular weight excluding hydrogens is 468 g/mol. The predicted octanol–water partition coefficient (Wildman–Crippen LogP) is 11.1. The second-order valence-corrected chi connectivity index (χ2v) is 10.5. The van der Waals surface area contributed by atoms with Crippen LogP contribution in [0, 0.1) is 6.92 Å². The summed E-state index contributed by atoms with van der Waals surface area (Å²) in [6.45, 7) is 2.25. The van der Waals surface area contributed by atoms with Crippen molar-refractivity contribution in [1.82, 2.24) is 0 Å². The maximum atomic E-state index is 2.38. The largest absolute Gasteiger partial charge is 0.0622 e. The van der Waals surface area contributed by atoms with Crippen LogP contribution in [0.1, 0.15) is 5.56 Å². The molecule has 0 heteroatoms. The average molecular weight is 495 g/mol. The molecule has 0 aliphatic heterocycles. The van der Waals surface area contributed by atoms with Gasteiger partial charge in [0, 0.05) is 0 Å². The van der Waals surface area contributed by atoms with E-state index in [9.17, 15) is 0 Å². The number of hydrogen-bond acceptors (Lipinski definition) is 0. The molecule has 0 saturated heterocycles. The van der Waals surface area contributed by atoms with E-state index in [0.717, 1.165) is 0 Å². The van der Waals surface area contributed by atoms with Crippen LogP contribution in [-0.2, 0) is 0 Å². The van der Waals surface area contributed by atoms with Gasteiger partial charge in [-0.25, -0.2) is 0 Å². The Kier molecular flexibility index (Phi) is 4.84. The Bertz CT molecular complexity index is 2160. The van der Waals surface area contributed by atoms with Gasteiger partial charge in [0.05, 0.1) is 0 Å². The molecule has 0 atom stereocenters. The number of rotatable bonds is 2. The van der Waals surface area contributed by atoms with E-state index in [-0.39, 0.29) is 0 Å². The first-order valence-corrected chi connectivity index (χ1v) is 13.6. The molecule has 0 heterocycles. The highest BCUT2D eigenvalue weighted by Gasteiger charge is 2.17. The first kappa shape index (κ1) is 22.1. The lowest BCUT2D eigenvalue weighted by molar-refractivity contribution is 1.58. The van der Waals surface area contributed by atoms with Crippen LogP contribution in [0.25, 0.3) is 76.1 Å². The van der Waals surface area contributed by atoms with E-state index in [1.807, 2.05) is 0 Å². The molecule has 0 N–H and O–H groups in total. The van der Waals surface area contributed by atoms with E-state index in [0.29, 0.717) is 0 Å². The smallest absolute Gasteiger partial charge is 0.00204 e. The zero-order valence-electron chi connectivity index (χ0n) is 21.8. The molecule has 0 radical (unpaired) electrons. The lowest BCUT2D eigenvalue weighted by atomic mass is 9.85. The van der Waals surface area contributed by atoms with Crippen LogP contribution >= 0.6 is 0 Å². The minimum atomic E-state index is 1.25. The molecule has 0 bridgehead atoms. The van der Waals surface area contributed by atoms with Crippen LogP contribution in [0.2, 0.25) is 0 Å². The second-order valence-electron chi connectivity index (χ2n) is 10.5. The van der Waals surface area contributed by atoms with Crippen LogP contribution in [0.4, 0.5) is 0 Å². The molecule has 8 rings (SSSR count). The first-order valence-electron chi connectivity index (χ1n) is 13.6. The average Bonchev–Trinajstić information content (AvgIpc) is 3.00. The normalized spacial score (nSPS) is 11.7. The summed E-state index contributed by atoms with van der Waals surface area (Å²) in [6, 6.07) is 51.2. The van der Waals surface area contributed by atoms with Gasteiger partial charge in [0.1, 0.15) is 0 Å². The molecule has 0 aromatic heterocycles. The fourth-order valence-electron chi connectivity index (χ4n) is 6.68.